The van der Waals surface area contributed by atoms with Gasteiger partial charge in [0, 0.05) is 24.8 Å². The number of nitrogens with two attached hydrogens (primary N) is 1. The van der Waals surface area contributed by atoms with Crippen molar-refractivity contribution in [3.8, 4) is 0 Å². The Kier molecular flexibility index (Phi) is 4.63. The number of nitrogen functional groups attached to an aromatic ring is 1. The van der Waals surface area contributed by atoms with Crippen LogP contribution in [0.2, 0.25) is 0 Å². The molecular weight excluding hydrogens is 260 g/mol. The number of likely N-dealkylation sites (N-methyl/N-ethyl adjacent to an activating group) is 1. The third-order valence-electron chi connectivity index (χ3n) is 3.79. The van der Waals surface area contributed by atoms with Crippen LogP contribution in [-0.4, -0.2) is 24.4 Å². The highest BCUT2D eigenvalue weighted by atomic mass is 16.2. The third-order valence-corrected chi connectivity index (χ3v) is 3.79. The number of carbonyl (C=O) groups is 1. The quantitative estimate of drug-likeness (QED) is 0.873. The molecule has 3 nitrogen and oxygen atoms in total. The van der Waals surface area contributed by atoms with E-state index in [4.69, 9.17) is 5.73 Å². The number of hydrogen-bond donors (Lipinski definition) is 1. The van der Waals surface area contributed by atoms with Crippen LogP contribution in [0.1, 0.15) is 34.3 Å². The number of nitrogens with zero attached hydrogens (tertiary/aromatic N) is 1. The average Bonchev–Trinajstić information content (AvgIpc) is 2.50. The molecule has 0 spiro atoms. The number of benzene rings is 2. The SMILES string of the molecule is Cc1ccc(C(=O)N(C)C[C@H](C)c2ccccc2)cc1N. The highest BCUT2D eigenvalue weighted by Crippen LogP contribution is 2.18. The molecule has 2 rings (SSSR count). The molecule has 0 aromatic heterocycles. The molecule has 1 amide bonds. The fourth-order valence-electron chi connectivity index (χ4n) is 2.37. The molecule has 2 N–H and O–H groups in total. The molecule has 3 heteroatoms. The second kappa shape index (κ2) is 6.44. The summed E-state index contributed by atoms with van der Waals surface area (Å²) < 4.78 is 0. The molecule has 0 aliphatic carbocycles. The molecule has 0 unspecified atom stereocenters. The molecule has 1 atom stereocenters. The lowest BCUT2D eigenvalue weighted by Gasteiger charge is -2.22. The van der Waals surface area contributed by atoms with Gasteiger partial charge in [-0.15, -0.1) is 0 Å². The highest BCUT2D eigenvalue weighted by molar-refractivity contribution is 5.95. The van der Waals surface area contributed by atoms with Crippen molar-refractivity contribution in [1.82, 2.24) is 4.90 Å². The molecule has 2 aromatic carbocycles. The van der Waals surface area contributed by atoms with Crippen molar-refractivity contribution in [1.29, 1.82) is 0 Å². The highest BCUT2D eigenvalue weighted by Gasteiger charge is 2.16. The Morgan fingerprint density at radius 1 is 1.19 bits per heavy atom. The van der Waals surface area contributed by atoms with Crippen LogP contribution < -0.4 is 5.73 Å². The van der Waals surface area contributed by atoms with Crippen LogP contribution in [0.5, 0.6) is 0 Å². The van der Waals surface area contributed by atoms with Crippen molar-refractivity contribution >= 4 is 11.6 Å². The van der Waals surface area contributed by atoms with Gasteiger partial charge in [0.2, 0.25) is 0 Å². The summed E-state index contributed by atoms with van der Waals surface area (Å²) in [6.07, 6.45) is 0. The molecule has 0 aliphatic heterocycles. The first-order valence-corrected chi connectivity index (χ1v) is 7.15. The maximum atomic E-state index is 12.4. The van der Waals surface area contributed by atoms with E-state index in [0.717, 1.165) is 5.56 Å². The van der Waals surface area contributed by atoms with E-state index in [1.165, 1.54) is 5.56 Å². The van der Waals surface area contributed by atoms with E-state index in [-0.39, 0.29) is 5.91 Å². The fourth-order valence-corrected chi connectivity index (χ4v) is 2.37. The smallest absolute Gasteiger partial charge is 0.253 e. The van der Waals surface area contributed by atoms with E-state index in [1.54, 1.807) is 11.0 Å². The molecule has 0 saturated heterocycles. The molecule has 110 valence electrons. The number of aryl methyl sites for hydroxylation is 1. The predicted molar refractivity (Wildman–Crippen MR) is 87.4 cm³/mol. The molecule has 0 heterocycles. The summed E-state index contributed by atoms with van der Waals surface area (Å²) >= 11 is 0. The number of anilines is 1. The maximum Gasteiger partial charge on any atom is 0.253 e. The van der Waals surface area contributed by atoms with E-state index in [1.807, 2.05) is 44.3 Å². The Morgan fingerprint density at radius 3 is 2.48 bits per heavy atom. The number of hydrogen-bond acceptors (Lipinski definition) is 2. The average molecular weight is 282 g/mol. The van der Waals surface area contributed by atoms with Gasteiger partial charge in [-0.3, -0.25) is 4.79 Å². The van der Waals surface area contributed by atoms with Crippen molar-refractivity contribution in [3.63, 3.8) is 0 Å². The van der Waals surface area contributed by atoms with Gasteiger partial charge in [0.15, 0.2) is 0 Å². The van der Waals surface area contributed by atoms with E-state index in [2.05, 4.69) is 19.1 Å². The standard InChI is InChI=1S/C18H22N2O/c1-13-9-10-16(11-17(13)19)18(21)20(3)12-14(2)15-7-5-4-6-8-15/h4-11,14H,12,19H2,1-3H3/t14-/m0/s1. The monoisotopic (exact) mass is 282 g/mol. The molecule has 21 heavy (non-hydrogen) atoms. The van der Waals surface area contributed by atoms with Crippen molar-refractivity contribution < 1.29 is 4.79 Å². The van der Waals surface area contributed by atoms with Crippen LogP contribution in [0.25, 0.3) is 0 Å². The largest absolute Gasteiger partial charge is 0.398 e. The zero-order chi connectivity index (χ0) is 15.4. The zero-order valence-electron chi connectivity index (χ0n) is 12.8. The minimum atomic E-state index is 0.00415. The van der Waals surface area contributed by atoms with Crippen LogP contribution in [-0.2, 0) is 0 Å². The number of amides is 1. The van der Waals surface area contributed by atoms with Crippen LogP contribution >= 0.6 is 0 Å². The lowest BCUT2D eigenvalue weighted by molar-refractivity contribution is 0.0788. The Morgan fingerprint density at radius 2 is 1.86 bits per heavy atom. The van der Waals surface area contributed by atoms with Gasteiger partial charge in [0.05, 0.1) is 0 Å². The lowest BCUT2D eigenvalue weighted by atomic mass is 10.0. The minimum Gasteiger partial charge on any atom is -0.398 e. The Bertz CT molecular complexity index is 622. The van der Waals surface area contributed by atoms with E-state index < -0.39 is 0 Å². The summed E-state index contributed by atoms with van der Waals surface area (Å²) in [6, 6.07) is 15.7. The maximum absolute atomic E-state index is 12.4. The first-order valence-electron chi connectivity index (χ1n) is 7.15. The topological polar surface area (TPSA) is 46.3 Å². The first-order chi connectivity index (χ1) is 9.99. The fraction of sp³-hybridized carbons (Fsp3) is 0.278. The second-order valence-corrected chi connectivity index (χ2v) is 5.57. The summed E-state index contributed by atoms with van der Waals surface area (Å²) in [5, 5.41) is 0. The molecule has 2 aromatic rings. The molecule has 0 radical (unpaired) electrons. The molecule has 0 bridgehead atoms. The molecule has 0 saturated carbocycles. The Hall–Kier alpha value is -2.29. The molecular formula is C18H22N2O. The van der Waals surface area contributed by atoms with Gasteiger partial charge in [-0.05, 0) is 36.1 Å². The van der Waals surface area contributed by atoms with Gasteiger partial charge < -0.3 is 10.6 Å². The van der Waals surface area contributed by atoms with Gasteiger partial charge in [0.1, 0.15) is 0 Å². The van der Waals surface area contributed by atoms with Gasteiger partial charge in [-0.25, -0.2) is 0 Å². The van der Waals surface area contributed by atoms with E-state index in [9.17, 15) is 4.79 Å². The summed E-state index contributed by atoms with van der Waals surface area (Å²) in [5.41, 5.74) is 9.41. The van der Waals surface area contributed by atoms with Crippen molar-refractivity contribution in [2.75, 3.05) is 19.3 Å². The van der Waals surface area contributed by atoms with Crippen LogP contribution in [0, 0.1) is 6.92 Å². The zero-order valence-corrected chi connectivity index (χ0v) is 12.8. The van der Waals surface area contributed by atoms with Crippen LogP contribution in [0.3, 0.4) is 0 Å². The summed E-state index contributed by atoms with van der Waals surface area (Å²) in [4.78, 5) is 14.2. The number of rotatable bonds is 4. The van der Waals surface area contributed by atoms with E-state index >= 15 is 0 Å². The van der Waals surface area contributed by atoms with Gasteiger partial charge >= 0.3 is 0 Å². The second-order valence-electron chi connectivity index (χ2n) is 5.57. The lowest BCUT2D eigenvalue weighted by Crippen LogP contribution is -2.30. The first kappa shape index (κ1) is 15.1. The van der Waals surface area contributed by atoms with Crippen LogP contribution in [0.15, 0.2) is 48.5 Å². The normalized spacial score (nSPS) is 12.0. The Balaban J connectivity index is 2.07. The van der Waals surface area contributed by atoms with Gasteiger partial charge in [-0.1, -0.05) is 43.3 Å². The van der Waals surface area contributed by atoms with Gasteiger partial charge in [0.25, 0.3) is 5.91 Å². The summed E-state index contributed by atoms with van der Waals surface area (Å²) in [6.45, 7) is 4.74. The molecule has 0 fully saturated rings. The van der Waals surface area contributed by atoms with E-state index in [0.29, 0.717) is 23.7 Å². The summed E-state index contributed by atoms with van der Waals surface area (Å²) in [7, 11) is 1.83. The van der Waals surface area contributed by atoms with Crippen molar-refractivity contribution in [2.45, 2.75) is 19.8 Å². The predicted octanol–water partition coefficient (Wildman–Crippen LogP) is 3.45. The number of carbonyl (C=O) groups excluding carboxylic acids is 1. The van der Waals surface area contributed by atoms with Crippen LogP contribution in [0.4, 0.5) is 5.69 Å². The van der Waals surface area contributed by atoms with Crippen molar-refractivity contribution in [3.05, 3.63) is 65.2 Å². The summed E-state index contributed by atoms with van der Waals surface area (Å²) in [5.74, 6) is 0.299. The van der Waals surface area contributed by atoms with Crippen molar-refractivity contribution in [2.24, 2.45) is 0 Å². The minimum absolute atomic E-state index is 0.00415. The van der Waals surface area contributed by atoms with Gasteiger partial charge in [-0.2, -0.15) is 0 Å². The molecule has 0 aliphatic rings. The Labute approximate surface area is 126 Å². The third kappa shape index (κ3) is 3.63.